The summed E-state index contributed by atoms with van der Waals surface area (Å²) in [5, 5.41) is 12.6. The number of fused-ring (bicyclic) bond motifs is 1. The predicted molar refractivity (Wildman–Crippen MR) is 50.1 cm³/mol. The molecule has 0 amide bonds. The molecule has 1 aliphatic heterocycles. The van der Waals surface area contributed by atoms with E-state index in [0.717, 1.165) is 11.3 Å². The fraction of sp³-hybridized carbons (Fsp3) is 0.200. The van der Waals surface area contributed by atoms with Gasteiger partial charge < -0.3 is 10.4 Å². The molecular formula is C10H11NO. The molecule has 2 heteroatoms. The largest absolute Gasteiger partial charge is 0.510 e. The number of anilines is 1. The van der Waals surface area contributed by atoms with Crippen molar-refractivity contribution in [2.45, 2.75) is 13.0 Å². The van der Waals surface area contributed by atoms with E-state index < -0.39 is 0 Å². The molecule has 0 bridgehead atoms. The zero-order valence-corrected chi connectivity index (χ0v) is 6.91. The molecule has 0 fully saturated rings. The molecule has 1 unspecified atom stereocenters. The predicted octanol–water partition coefficient (Wildman–Crippen LogP) is 2.40. The van der Waals surface area contributed by atoms with Crippen LogP contribution in [-0.4, -0.2) is 11.1 Å². The Labute approximate surface area is 71.5 Å². The number of para-hydroxylation sites is 1. The molecule has 0 radical (unpaired) electrons. The maximum atomic E-state index is 9.42. The van der Waals surface area contributed by atoms with Crippen LogP contribution in [0.5, 0.6) is 0 Å². The number of aliphatic hydroxyl groups excluding tert-OH is 1. The summed E-state index contributed by atoms with van der Waals surface area (Å²) in [6.45, 7) is 1.93. The van der Waals surface area contributed by atoms with Crippen molar-refractivity contribution in [2.24, 2.45) is 0 Å². The van der Waals surface area contributed by atoms with Crippen molar-refractivity contribution in [1.29, 1.82) is 0 Å². The molecule has 2 N–H and O–H groups in total. The standard InChI is InChI=1S/C10H11NO/c1-7-10(12)6-8-4-2-3-5-9(8)11-7/h2-7,11-12H,1H3. The summed E-state index contributed by atoms with van der Waals surface area (Å²) in [6.07, 6.45) is 1.80. The van der Waals surface area contributed by atoms with E-state index in [-0.39, 0.29) is 6.04 Å². The number of aliphatic hydroxyl groups is 1. The molecule has 1 aromatic rings. The molecule has 1 aliphatic rings. The Balaban J connectivity index is 2.49. The molecule has 12 heavy (non-hydrogen) atoms. The lowest BCUT2D eigenvalue weighted by atomic mass is 10.1. The second-order valence-electron chi connectivity index (χ2n) is 3.02. The van der Waals surface area contributed by atoms with Gasteiger partial charge in [0.25, 0.3) is 0 Å². The van der Waals surface area contributed by atoms with Crippen LogP contribution in [0.15, 0.2) is 30.0 Å². The average Bonchev–Trinajstić information content (AvgIpc) is 2.07. The second kappa shape index (κ2) is 2.55. The van der Waals surface area contributed by atoms with Gasteiger partial charge in [-0.1, -0.05) is 18.2 Å². The van der Waals surface area contributed by atoms with Crippen molar-refractivity contribution in [3.8, 4) is 0 Å². The van der Waals surface area contributed by atoms with Crippen LogP contribution >= 0.6 is 0 Å². The Kier molecular flexibility index (Phi) is 1.54. The van der Waals surface area contributed by atoms with Gasteiger partial charge in [0, 0.05) is 11.3 Å². The first-order valence-corrected chi connectivity index (χ1v) is 4.03. The lowest BCUT2D eigenvalue weighted by molar-refractivity contribution is 0.386. The first-order valence-electron chi connectivity index (χ1n) is 4.03. The minimum absolute atomic E-state index is 0.0277. The second-order valence-corrected chi connectivity index (χ2v) is 3.02. The van der Waals surface area contributed by atoms with Gasteiger partial charge >= 0.3 is 0 Å². The third-order valence-electron chi connectivity index (χ3n) is 2.08. The summed E-state index contributed by atoms with van der Waals surface area (Å²) in [7, 11) is 0. The fourth-order valence-electron chi connectivity index (χ4n) is 1.35. The van der Waals surface area contributed by atoms with Crippen LogP contribution in [0.25, 0.3) is 6.08 Å². The summed E-state index contributed by atoms with van der Waals surface area (Å²) >= 11 is 0. The SMILES string of the molecule is CC1Nc2ccccc2C=C1O. The van der Waals surface area contributed by atoms with E-state index in [2.05, 4.69) is 5.32 Å². The van der Waals surface area contributed by atoms with Crippen LogP contribution in [0.3, 0.4) is 0 Å². The zero-order valence-electron chi connectivity index (χ0n) is 6.91. The molecule has 0 aliphatic carbocycles. The van der Waals surface area contributed by atoms with E-state index in [1.54, 1.807) is 6.08 Å². The van der Waals surface area contributed by atoms with Gasteiger partial charge in [-0.2, -0.15) is 0 Å². The van der Waals surface area contributed by atoms with Gasteiger partial charge in [0.2, 0.25) is 0 Å². The highest BCUT2D eigenvalue weighted by Crippen LogP contribution is 2.24. The zero-order chi connectivity index (χ0) is 8.55. The highest BCUT2D eigenvalue weighted by Gasteiger charge is 2.14. The highest BCUT2D eigenvalue weighted by molar-refractivity contribution is 5.71. The number of nitrogens with one attached hydrogen (secondary N) is 1. The average molecular weight is 161 g/mol. The Hall–Kier alpha value is -1.44. The third-order valence-corrected chi connectivity index (χ3v) is 2.08. The molecule has 0 saturated carbocycles. The van der Waals surface area contributed by atoms with E-state index >= 15 is 0 Å². The van der Waals surface area contributed by atoms with Crippen LogP contribution in [0, 0.1) is 0 Å². The highest BCUT2D eigenvalue weighted by atomic mass is 16.3. The molecule has 2 rings (SSSR count). The first-order chi connectivity index (χ1) is 5.77. The minimum atomic E-state index is 0.0277. The van der Waals surface area contributed by atoms with Gasteiger partial charge in [0.15, 0.2) is 0 Å². The monoisotopic (exact) mass is 161 g/mol. The number of benzene rings is 1. The molecule has 62 valence electrons. The molecular weight excluding hydrogens is 150 g/mol. The van der Waals surface area contributed by atoms with Crippen LogP contribution in [0.1, 0.15) is 12.5 Å². The van der Waals surface area contributed by atoms with Crippen molar-refractivity contribution in [2.75, 3.05) is 5.32 Å². The number of hydrogen-bond acceptors (Lipinski definition) is 2. The Morgan fingerprint density at radius 2 is 2.08 bits per heavy atom. The van der Waals surface area contributed by atoms with Gasteiger partial charge in [-0.15, -0.1) is 0 Å². The van der Waals surface area contributed by atoms with Crippen molar-refractivity contribution in [3.63, 3.8) is 0 Å². The summed E-state index contributed by atoms with van der Waals surface area (Å²) in [6, 6.07) is 7.95. The molecule has 1 heterocycles. The smallest absolute Gasteiger partial charge is 0.115 e. The van der Waals surface area contributed by atoms with Crippen molar-refractivity contribution >= 4 is 11.8 Å². The Bertz CT molecular complexity index is 330. The first kappa shape index (κ1) is 7.22. The molecule has 1 aromatic carbocycles. The Morgan fingerprint density at radius 3 is 2.92 bits per heavy atom. The molecule has 0 aromatic heterocycles. The number of hydrogen-bond donors (Lipinski definition) is 2. The molecule has 0 saturated heterocycles. The van der Waals surface area contributed by atoms with Crippen LogP contribution in [-0.2, 0) is 0 Å². The van der Waals surface area contributed by atoms with E-state index in [1.165, 1.54) is 0 Å². The quantitative estimate of drug-likeness (QED) is 0.612. The van der Waals surface area contributed by atoms with E-state index in [0.29, 0.717) is 5.76 Å². The summed E-state index contributed by atoms with van der Waals surface area (Å²) in [4.78, 5) is 0. The Morgan fingerprint density at radius 1 is 1.33 bits per heavy atom. The van der Waals surface area contributed by atoms with E-state index in [9.17, 15) is 5.11 Å². The van der Waals surface area contributed by atoms with Crippen molar-refractivity contribution in [3.05, 3.63) is 35.6 Å². The molecule has 0 spiro atoms. The summed E-state index contributed by atoms with van der Waals surface area (Å²) in [5.74, 6) is 0.397. The van der Waals surface area contributed by atoms with Crippen LogP contribution in [0.4, 0.5) is 5.69 Å². The minimum Gasteiger partial charge on any atom is -0.510 e. The van der Waals surface area contributed by atoms with Gasteiger partial charge in [0.05, 0.1) is 6.04 Å². The fourth-order valence-corrected chi connectivity index (χ4v) is 1.35. The lowest BCUT2D eigenvalue weighted by Gasteiger charge is -2.21. The van der Waals surface area contributed by atoms with Crippen LogP contribution < -0.4 is 5.32 Å². The van der Waals surface area contributed by atoms with Crippen molar-refractivity contribution in [1.82, 2.24) is 0 Å². The summed E-state index contributed by atoms with van der Waals surface area (Å²) < 4.78 is 0. The maximum Gasteiger partial charge on any atom is 0.115 e. The van der Waals surface area contributed by atoms with Crippen molar-refractivity contribution < 1.29 is 5.11 Å². The maximum absolute atomic E-state index is 9.42. The topological polar surface area (TPSA) is 32.3 Å². The van der Waals surface area contributed by atoms with Gasteiger partial charge in [-0.3, -0.25) is 0 Å². The molecule has 1 atom stereocenters. The van der Waals surface area contributed by atoms with Gasteiger partial charge in [-0.25, -0.2) is 0 Å². The summed E-state index contributed by atoms with van der Waals surface area (Å²) in [5.41, 5.74) is 2.14. The van der Waals surface area contributed by atoms with Crippen LogP contribution in [0.2, 0.25) is 0 Å². The van der Waals surface area contributed by atoms with E-state index in [4.69, 9.17) is 0 Å². The van der Waals surface area contributed by atoms with E-state index in [1.807, 2.05) is 31.2 Å². The number of rotatable bonds is 0. The van der Waals surface area contributed by atoms with Gasteiger partial charge in [0.1, 0.15) is 5.76 Å². The van der Waals surface area contributed by atoms with Gasteiger partial charge in [-0.05, 0) is 19.1 Å². The molecule has 2 nitrogen and oxygen atoms in total. The lowest BCUT2D eigenvalue weighted by Crippen LogP contribution is -2.21. The third kappa shape index (κ3) is 1.05. The normalized spacial score (nSPS) is 20.8.